The number of nitrogens with zero attached hydrogens (tertiary/aromatic N) is 3. The van der Waals surface area contributed by atoms with Crippen molar-refractivity contribution in [2.24, 2.45) is 0 Å². The number of carbonyl (C=O) groups is 3. The lowest BCUT2D eigenvalue weighted by atomic mass is 10.0. The van der Waals surface area contributed by atoms with Gasteiger partial charge in [-0.2, -0.15) is 0 Å². The Labute approximate surface area is 170 Å². The van der Waals surface area contributed by atoms with Crippen molar-refractivity contribution < 1.29 is 14.4 Å². The monoisotopic (exact) mass is 391 g/mol. The maximum Gasteiger partial charge on any atom is 0.332 e. The summed E-state index contributed by atoms with van der Waals surface area (Å²) in [6, 6.07) is 16.3. The molecule has 4 amide bonds. The molecule has 6 heteroatoms. The number of benzene rings is 2. The molecule has 2 aromatic rings. The van der Waals surface area contributed by atoms with E-state index in [9.17, 15) is 14.4 Å². The van der Waals surface area contributed by atoms with Crippen LogP contribution in [0.25, 0.3) is 0 Å². The van der Waals surface area contributed by atoms with Crippen LogP contribution in [0.5, 0.6) is 0 Å². The molecule has 0 bridgehead atoms. The molecule has 2 aliphatic heterocycles. The standard InChI is InChI=1S/C23H25N3O3/c1-16-10-12-19(13-11-16)26-17(2)22(28)25(23(26)29)15-21(27)24-14-6-9-20(24)18-7-4-3-5-8-18/h3-5,7-8,10-13,17,20H,6,9,14-15H2,1-2H3. The van der Waals surface area contributed by atoms with Crippen LogP contribution < -0.4 is 4.90 Å². The van der Waals surface area contributed by atoms with Gasteiger partial charge < -0.3 is 4.90 Å². The summed E-state index contributed by atoms with van der Waals surface area (Å²) in [6.07, 6.45) is 1.81. The molecular weight excluding hydrogens is 366 g/mol. The van der Waals surface area contributed by atoms with Gasteiger partial charge in [-0.3, -0.25) is 19.4 Å². The van der Waals surface area contributed by atoms with Crippen LogP contribution in [0.15, 0.2) is 54.6 Å². The number of hydrogen-bond acceptors (Lipinski definition) is 3. The molecular formula is C23H25N3O3. The molecule has 2 fully saturated rings. The molecule has 2 saturated heterocycles. The van der Waals surface area contributed by atoms with Gasteiger partial charge in [-0.05, 0) is 44.4 Å². The molecule has 0 spiro atoms. The van der Waals surface area contributed by atoms with Crippen molar-refractivity contribution in [3.63, 3.8) is 0 Å². The summed E-state index contributed by atoms with van der Waals surface area (Å²) < 4.78 is 0. The zero-order valence-electron chi connectivity index (χ0n) is 16.7. The van der Waals surface area contributed by atoms with Crippen molar-refractivity contribution in [3.05, 3.63) is 65.7 Å². The highest BCUT2D eigenvalue weighted by molar-refractivity contribution is 6.15. The predicted octanol–water partition coefficient (Wildman–Crippen LogP) is 3.52. The number of imide groups is 1. The van der Waals surface area contributed by atoms with Crippen LogP contribution in [-0.4, -0.2) is 46.8 Å². The number of likely N-dealkylation sites (tertiary alicyclic amines) is 1. The van der Waals surface area contributed by atoms with Crippen LogP contribution in [0.2, 0.25) is 0 Å². The van der Waals surface area contributed by atoms with Crippen LogP contribution in [0, 0.1) is 6.92 Å². The van der Waals surface area contributed by atoms with Gasteiger partial charge in [-0.25, -0.2) is 4.79 Å². The minimum absolute atomic E-state index is 0.00197. The van der Waals surface area contributed by atoms with Crippen molar-refractivity contribution in [1.82, 2.24) is 9.80 Å². The first-order valence-corrected chi connectivity index (χ1v) is 10.0. The molecule has 29 heavy (non-hydrogen) atoms. The summed E-state index contributed by atoms with van der Waals surface area (Å²) in [7, 11) is 0. The van der Waals surface area contributed by atoms with Crippen molar-refractivity contribution in [2.45, 2.75) is 38.8 Å². The lowest BCUT2D eigenvalue weighted by Crippen LogP contribution is -2.43. The largest absolute Gasteiger partial charge is 0.334 e. The summed E-state index contributed by atoms with van der Waals surface area (Å²) in [5.74, 6) is -0.518. The summed E-state index contributed by atoms with van der Waals surface area (Å²) in [4.78, 5) is 43.1. The number of rotatable bonds is 4. The molecule has 2 atom stereocenters. The fourth-order valence-corrected chi connectivity index (χ4v) is 4.22. The number of urea groups is 1. The summed E-state index contributed by atoms with van der Waals surface area (Å²) in [6.45, 7) is 4.10. The normalized spacial score (nSPS) is 21.9. The van der Waals surface area contributed by atoms with Crippen molar-refractivity contribution >= 4 is 23.5 Å². The SMILES string of the molecule is Cc1ccc(N2C(=O)N(CC(=O)N3CCCC3c3ccccc3)C(=O)C2C)cc1. The fourth-order valence-electron chi connectivity index (χ4n) is 4.22. The van der Waals surface area contributed by atoms with Crippen LogP contribution in [-0.2, 0) is 9.59 Å². The number of hydrogen-bond donors (Lipinski definition) is 0. The predicted molar refractivity (Wildman–Crippen MR) is 110 cm³/mol. The third kappa shape index (κ3) is 3.50. The second-order valence-electron chi connectivity index (χ2n) is 7.74. The quantitative estimate of drug-likeness (QED) is 0.750. The average molecular weight is 391 g/mol. The lowest BCUT2D eigenvalue weighted by molar-refractivity contribution is -0.137. The van der Waals surface area contributed by atoms with Crippen LogP contribution in [0.3, 0.4) is 0 Å². The summed E-state index contributed by atoms with van der Waals surface area (Å²) in [5.41, 5.74) is 2.83. The van der Waals surface area contributed by atoms with Crippen molar-refractivity contribution in [3.8, 4) is 0 Å². The Balaban J connectivity index is 1.51. The van der Waals surface area contributed by atoms with E-state index in [2.05, 4.69) is 0 Å². The minimum atomic E-state index is -0.624. The third-order valence-corrected chi connectivity index (χ3v) is 5.81. The highest BCUT2D eigenvalue weighted by Crippen LogP contribution is 2.32. The molecule has 2 heterocycles. The first kappa shape index (κ1) is 19.2. The van der Waals surface area contributed by atoms with Gasteiger partial charge in [0.05, 0.1) is 6.04 Å². The van der Waals surface area contributed by atoms with Crippen molar-refractivity contribution in [1.29, 1.82) is 0 Å². The number of aryl methyl sites for hydroxylation is 1. The van der Waals surface area contributed by atoms with Gasteiger partial charge in [-0.15, -0.1) is 0 Å². The van der Waals surface area contributed by atoms with Gasteiger partial charge in [0.2, 0.25) is 5.91 Å². The average Bonchev–Trinajstić information content (AvgIpc) is 3.30. The Morgan fingerprint density at radius 1 is 1.03 bits per heavy atom. The highest BCUT2D eigenvalue weighted by Gasteiger charge is 2.45. The van der Waals surface area contributed by atoms with Gasteiger partial charge in [0, 0.05) is 12.2 Å². The zero-order valence-corrected chi connectivity index (χ0v) is 16.7. The minimum Gasteiger partial charge on any atom is -0.334 e. The Kier molecular flexibility index (Phi) is 5.09. The number of anilines is 1. The number of carbonyl (C=O) groups excluding carboxylic acids is 3. The van der Waals surface area contributed by atoms with E-state index >= 15 is 0 Å². The second kappa shape index (κ2) is 7.70. The Hall–Kier alpha value is -3.15. The van der Waals surface area contributed by atoms with E-state index in [1.165, 1.54) is 4.90 Å². The Morgan fingerprint density at radius 3 is 2.41 bits per heavy atom. The molecule has 4 rings (SSSR count). The maximum atomic E-state index is 13.0. The lowest BCUT2D eigenvalue weighted by Gasteiger charge is -2.27. The number of amides is 4. The van der Waals surface area contributed by atoms with Gasteiger partial charge in [0.25, 0.3) is 5.91 Å². The Morgan fingerprint density at radius 2 is 1.72 bits per heavy atom. The molecule has 150 valence electrons. The molecule has 0 radical (unpaired) electrons. The molecule has 0 N–H and O–H groups in total. The van der Waals surface area contributed by atoms with E-state index < -0.39 is 12.1 Å². The first-order chi connectivity index (χ1) is 14.0. The van der Waals surface area contributed by atoms with Crippen LogP contribution in [0.4, 0.5) is 10.5 Å². The van der Waals surface area contributed by atoms with Gasteiger partial charge >= 0.3 is 6.03 Å². The van der Waals surface area contributed by atoms with E-state index in [1.54, 1.807) is 11.8 Å². The summed E-state index contributed by atoms with van der Waals surface area (Å²) >= 11 is 0. The van der Waals surface area contributed by atoms with E-state index in [1.807, 2.05) is 61.5 Å². The van der Waals surface area contributed by atoms with Gasteiger partial charge in [-0.1, -0.05) is 48.0 Å². The smallest absolute Gasteiger partial charge is 0.332 e. The van der Waals surface area contributed by atoms with Crippen molar-refractivity contribution in [2.75, 3.05) is 18.0 Å². The van der Waals surface area contributed by atoms with Gasteiger partial charge in [0.1, 0.15) is 12.6 Å². The molecule has 0 aromatic heterocycles. The van der Waals surface area contributed by atoms with Gasteiger partial charge in [0.15, 0.2) is 0 Å². The van der Waals surface area contributed by atoms with Crippen LogP contribution >= 0.6 is 0 Å². The van der Waals surface area contributed by atoms with E-state index in [4.69, 9.17) is 0 Å². The molecule has 2 unspecified atom stereocenters. The molecule has 0 saturated carbocycles. The topological polar surface area (TPSA) is 60.9 Å². The van der Waals surface area contributed by atoms with E-state index in [0.29, 0.717) is 12.2 Å². The molecule has 2 aromatic carbocycles. The van der Waals surface area contributed by atoms with Crippen LogP contribution in [0.1, 0.15) is 36.9 Å². The third-order valence-electron chi connectivity index (χ3n) is 5.81. The molecule has 0 aliphatic carbocycles. The zero-order chi connectivity index (χ0) is 20.5. The Bertz CT molecular complexity index is 926. The highest BCUT2D eigenvalue weighted by atomic mass is 16.2. The summed E-state index contributed by atoms with van der Waals surface area (Å²) in [5, 5.41) is 0. The second-order valence-corrected chi connectivity index (χ2v) is 7.74. The first-order valence-electron chi connectivity index (χ1n) is 10.0. The fraction of sp³-hybridized carbons (Fsp3) is 0.348. The maximum absolute atomic E-state index is 13.0. The van der Waals surface area contributed by atoms with E-state index in [0.717, 1.165) is 28.9 Å². The molecule has 6 nitrogen and oxygen atoms in total. The molecule has 2 aliphatic rings. The van der Waals surface area contributed by atoms with E-state index in [-0.39, 0.29) is 24.4 Å².